The quantitative estimate of drug-likeness (QED) is 0.811. The molecule has 0 saturated heterocycles. The standard InChI is InChI=1S/C18H21BrN2O/c1-20(2)18(22)17(15-7-5-4-6-8-15)21(3)13-14-9-11-16(19)12-10-14/h4-12,17H,13H2,1-3H3. The van der Waals surface area contributed by atoms with Gasteiger partial charge in [-0.2, -0.15) is 0 Å². The number of rotatable bonds is 5. The predicted octanol–water partition coefficient (Wildman–Crippen LogP) is 3.71. The summed E-state index contributed by atoms with van der Waals surface area (Å²) in [5.74, 6) is 0.0887. The Balaban J connectivity index is 2.24. The zero-order chi connectivity index (χ0) is 16.1. The molecule has 0 aliphatic carbocycles. The fourth-order valence-electron chi connectivity index (χ4n) is 2.43. The third-order valence-corrected chi connectivity index (χ3v) is 4.10. The molecular weight excluding hydrogens is 340 g/mol. The molecule has 2 aromatic carbocycles. The van der Waals surface area contributed by atoms with Crippen molar-refractivity contribution in [2.75, 3.05) is 21.1 Å². The molecule has 2 aromatic rings. The molecule has 0 saturated carbocycles. The molecule has 0 radical (unpaired) electrons. The Morgan fingerprint density at radius 3 is 2.14 bits per heavy atom. The summed E-state index contributed by atoms with van der Waals surface area (Å²) in [5.41, 5.74) is 2.19. The number of hydrogen-bond donors (Lipinski definition) is 0. The number of amides is 1. The molecule has 0 aromatic heterocycles. The fraction of sp³-hybridized carbons (Fsp3) is 0.278. The van der Waals surface area contributed by atoms with Gasteiger partial charge in [-0.1, -0.05) is 58.4 Å². The molecule has 0 N–H and O–H groups in total. The van der Waals surface area contributed by atoms with Crippen molar-refractivity contribution in [2.24, 2.45) is 0 Å². The number of carbonyl (C=O) groups is 1. The van der Waals surface area contributed by atoms with E-state index in [2.05, 4.69) is 33.0 Å². The van der Waals surface area contributed by atoms with E-state index < -0.39 is 0 Å². The van der Waals surface area contributed by atoms with Gasteiger partial charge in [0, 0.05) is 25.1 Å². The summed E-state index contributed by atoms with van der Waals surface area (Å²) in [4.78, 5) is 16.3. The summed E-state index contributed by atoms with van der Waals surface area (Å²) in [6.07, 6.45) is 0. The fourth-order valence-corrected chi connectivity index (χ4v) is 2.70. The lowest BCUT2D eigenvalue weighted by molar-refractivity contribution is -0.134. The smallest absolute Gasteiger partial charge is 0.244 e. The molecular formula is C18H21BrN2O. The van der Waals surface area contributed by atoms with Gasteiger partial charge in [-0.05, 0) is 30.3 Å². The van der Waals surface area contributed by atoms with Crippen LogP contribution in [-0.4, -0.2) is 36.9 Å². The molecule has 1 amide bonds. The van der Waals surface area contributed by atoms with E-state index in [0.717, 1.165) is 10.0 Å². The second-order valence-corrected chi connectivity index (χ2v) is 6.50. The van der Waals surface area contributed by atoms with E-state index in [1.165, 1.54) is 5.56 Å². The van der Waals surface area contributed by atoms with Gasteiger partial charge in [0.05, 0.1) is 0 Å². The Labute approximate surface area is 140 Å². The summed E-state index contributed by atoms with van der Waals surface area (Å²) < 4.78 is 1.06. The summed E-state index contributed by atoms with van der Waals surface area (Å²) in [6, 6.07) is 17.8. The lowest BCUT2D eigenvalue weighted by Crippen LogP contribution is -2.37. The van der Waals surface area contributed by atoms with Gasteiger partial charge in [-0.15, -0.1) is 0 Å². The van der Waals surface area contributed by atoms with Gasteiger partial charge >= 0.3 is 0 Å². The van der Waals surface area contributed by atoms with Crippen LogP contribution in [0, 0.1) is 0 Å². The molecule has 0 bridgehead atoms. The first-order chi connectivity index (χ1) is 10.5. The number of benzene rings is 2. The van der Waals surface area contributed by atoms with Gasteiger partial charge in [0.1, 0.15) is 6.04 Å². The first kappa shape index (κ1) is 16.7. The molecule has 0 aliphatic rings. The van der Waals surface area contributed by atoms with E-state index in [-0.39, 0.29) is 11.9 Å². The third-order valence-electron chi connectivity index (χ3n) is 3.58. The van der Waals surface area contributed by atoms with Crippen molar-refractivity contribution < 1.29 is 4.79 Å². The molecule has 22 heavy (non-hydrogen) atoms. The Morgan fingerprint density at radius 1 is 1.00 bits per heavy atom. The maximum absolute atomic E-state index is 12.6. The first-order valence-corrected chi connectivity index (χ1v) is 7.99. The zero-order valence-corrected chi connectivity index (χ0v) is 14.7. The average Bonchev–Trinajstić information content (AvgIpc) is 2.50. The minimum Gasteiger partial charge on any atom is -0.347 e. The predicted molar refractivity (Wildman–Crippen MR) is 93.5 cm³/mol. The van der Waals surface area contributed by atoms with Crippen LogP contribution in [0.2, 0.25) is 0 Å². The van der Waals surface area contributed by atoms with Crippen LogP contribution in [0.1, 0.15) is 17.2 Å². The minimum absolute atomic E-state index is 0.0887. The highest BCUT2D eigenvalue weighted by Gasteiger charge is 2.26. The van der Waals surface area contributed by atoms with Crippen molar-refractivity contribution in [3.05, 3.63) is 70.2 Å². The van der Waals surface area contributed by atoms with Gasteiger partial charge < -0.3 is 4.90 Å². The van der Waals surface area contributed by atoms with E-state index in [1.807, 2.05) is 49.5 Å². The van der Waals surface area contributed by atoms with Gasteiger partial charge in [0.15, 0.2) is 0 Å². The molecule has 1 atom stereocenters. The van der Waals surface area contributed by atoms with Gasteiger partial charge in [0.25, 0.3) is 0 Å². The van der Waals surface area contributed by atoms with Crippen LogP contribution < -0.4 is 0 Å². The lowest BCUT2D eigenvalue weighted by Gasteiger charge is -2.29. The van der Waals surface area contributed by atoms with Crippen LogP contribution in [0.25, 0.3) is 0 Å². The van der Waals surface area contributed by atoms with E-state index in [9.17, 15) is 4.79 Å². The van der Waals surface area contributed by atoms with Crippen molar-refractivity contribution in [1.82, 2.24) is 9.80 Å². The summed E-state index contributed by atoms with van der Waals surface area (Å²) >= 11 is 3.45. The highest BCUT2D eigenvalue weighted by atomic mass is 79.9. The summed E-state index contributed by atoms with van der Waals surface area (Å²) in [7, 11) is 5.58. The number of nitrogens with zero attached hydrogens (tertiary/aromatic N) is 2. The second kappa shape index (κ2) is 7.56. The monoisotopic (exact) mass is 360 g/mol. The third kappa shape index (κ3) is 4.18. The molecule has 1 unspecified atom stereocenters. The molecule has 0 aliphatic heterocycles. The van der Waals surface area contributed by atoms with Crippen LogP contribution in [0.5, 0.6) is 0 Å². The molecule has 0 spiro atoms. The van der Waals surface area contributed by atoms with E-state index in [4.69, 9.17) is 0 Å². The highest BCUT2D eigenvalue weighted by molar-refractivity contribution is 9.10. The van der Waals surface area contributed by atoms with E-state index >= 15 is 0 Å². The maximum atomic E-state index is 12.6. The highest BCUT2D eigenvalue weighted by Crippen LogP contribution is 2.23. The lowest BCUT2D eigenvalue weighted by atomic mass is 10.0. The number of carbonyl (C=O) groups excluding carboxylic acids is 1. The largest absolute Gasteiger partial charge is 0.347 e. The molecule has 0 fully saturated rings. The van der Waals surface area contributed by atoms with E-state index in [0.29, 0.717) is 6.54 Å². The molecule has 3 nitrogen and oxygen atoms in total. The van der Waals surface area contributed by atoms with Crippen molar-refractivity contribution >= 4 is 21.8 Å². The number of hydrogen-bond acceptors (Lipinski definition) is 2. The first-order valence-electron chi connectivity index (χ1n) is 7.20. The zero-order valence-electron chi connectivity index (χ0n) is 13.2. The van der Waals surface area contributed by atoms with E-state index in [1.54, 1.807) is 19.0 Å². The van der Waals surface area contributed by atoms with Crippen molar-refractivity contribution in [1.29, 1.82) is 0 Å². The second-order valence-electron chi connectivity index (χ2n) is 5.59. The van der Waals surface area contributed by atoms with Crippen LogP contribution in [0.3, 0.4) is 0 Å². The van der Waals surface area contributed by atoms with Crippen LogP contribution in [0.4, 0.5) is 0 Å². The Morgan fingerprint density at radius 2 is 1.59 bits per heavy atom. The molecule has 2 rings (SSSR count). The Bertz CT molecular complexity index is 611. The SMILES string of the molecule is CN(C)C(=O)C(c1ccccc1)N(C)Cc1ccc(Br)cc1. The molecule has 0 heterocycles. The van der Waals surface area contributed by atoms with Crippen molar-refractivity contribution in [3.63, 3.8) is 0 Å². The van der Waals surface area contributed by atoms with Crippen LogP contribution >= 0.6 is 15.9 Å². The Kier molecular flexibility index (Phi) is 5.75. The number of halogens is 1. The van der Waals surface area contributed by atoms with Gasteiger partial charge in [0.2, 0.25) is 5.91 Å². The van der Waals surface area contributed by atoms with Crippen LogP contribution in [-0.2, 0) is 11.3 Å². The Hall–Kier alpha value is -1.65. The maximum Gasteiger partial charge on any atom is 0.244 e. The van der Waals surface area contributed by atoms with Crippen molar-refractivity contribution in [3.8, 4) is 0 Å². The average molecular weight is 361 g/mol. The normalized spacial score (nSPS) is 12.2. The van der Waals surface area contributed by atoms with Gasteiger partial charge in [-0.3, -0.25) is 9.69 Å². The molecule has 4 heteroatoms. The topological polar surface area (TPSA) is 23.6 Å². The summed E-state index contributed by atoms with van der Waals surface area (Å²) in [5, 5.41) is 0. The minimum atomic E-state index is -0.278. The molecule has 116 valence electrons. The van der Waals surface area contributed by atoms with Crippen molar-refractivity contribution in [2.45, 2.75) is 12.6 Å². The number of likely N-dealkylation sites (N-methyl/N-ethyl adjacent to an activating group) is 2. The van der Waals surface area contributed by atoms with Gasteiger partial charge in [-0.25, -0.2) is 0 Å². The summed E-state index contributed by atoms with van der Waals surface area (Å²) in [6.45, 7) is 0.715. The van der Waals surface area contributed by atoms with Crippen LogP contribution in [0.15, 0.2) is 59.1 Å².